The van der Waals surface area contributed by atoms with Crippen LogP contribution in [0.2, 0.25) is 0 Å². The van der Waals surface area contributed by atoms with Crippen LogP contribution in [0.4, 0.5) is 13.2 Å². The van der Waals surface area contributed by atoms with Crippen LogP contribution >= 0.6 is 11.8 Å². The SMILES string of the molecule is CSc1nc2nc(C)c(CC(=O)N(CC(C)(C)C)CC(F)(F)F)c(C)n2n1. The summed E-state index contributed by atoms with van der Waals surface area (Å²) in [5.74, 6) is -0.174. The van der Waals surface area contributed by atoms with E-state index in [0.717, 1.165) is 4.90 Å². The van der Waals surface area contributed by atoms with Crippen LogP contribution in [-0.4, -0.2) is 55.9 Å². The summed E-state index contributed by atoms with van der Waals surface area (Å²) < 4.78 is 40.4. The average Bonchev–Trinajstić information content (AvgIpc) is 2.91. The number of nitrogens with zero attached hydrogens (tertiary/aromatic N) is 5. The minimum atomic E-state index is -4.45. The van der Waals surface area contributed by atoms with Gasteiger partial charge in [0, 0.05) is 23.5 Å². The van der Waals surface area contributed by atoms with E-state index in [9.17, 15) is 18.0 Å². The second kappa shape index (κ2) is 7.65. The number of alkyl halides is 3. The normalized spacial score (nSPS) is 12.6. The Morgan fingerprint density at radius 3 is 2.30 bits per heavy atom. The van der Waals surface area contributed by atoms with E-state index in [1.54, 1.807) is 34.6 Å². The lowest BCUT2D eigenvalue weighted by Crippen LogP contribution is -2.44. The first kappa shape index (κ1) is 21.5. The summed E-state index contributed by atoms with van der Waals surface area (Å²) in [6, 6.07) is 0. The van der Waals surface area contributed by atoms with E-state index in [1.807, 2.05) is 6.26 Å². The van der Waals surface area contributed by atoms with Gasteiger partial charge in [-0.25, -0.2) is 9.50 Å². The van der Waals surface area contributed by atoms with Gasteiger partial charge in [-0.05, 0) is 25.5 Å². The number of aromatic nitrogens is 4. The molecule has 0 unspecified atom stereocenters. The van der Waals surface area contributed by atoms with E-state index in [1.165, 1.54) is 16.3 Å². The molecule has 0 saturated carbocycles. The minimum Gasteiger partial charge on any atom is -0.333 e. The smallest absolute Gasteiger partial charge is 0.333 e. The minimum absolute atomic E-state index is 0.0130. The Kier molecular flexibility index (Phi) is 6.08. The molecule has 0 radical (unpaired) electrons. The van der Waals surface area contributed by atoms with Crippen LogP contribution in [-0.2, 0) is 11.2 Å². The first-order valence-corrected chi connectivity index (χ1v) is 9.64. The Morgan fingerprint density at radius 2 is 1.78 bits per heavy atom. The molecule has 0 N–H and O–H groups in total. The Morgan fingerprint density at radius 1 is 1.15 bits per heavy atom. The molecule has 2 aromatic heterocycles. The maximum atomic E-state index is 13.0. The van der Waals surface area contributed by atoms with Gasteiger partial charge in [-0.1, -0.05) is 32.5 Å². The maximum Gasteiger partial charge on any atom is 0.406 e. The molecule has 0 saturated heterocycles. The van der Waals surface area contributed by atoms with Crippen molar-refractivity contribution in [2.24, 2.45) is 5.41 Å². The van der Waals surface area contributed by atoms with Crippen molar-refractivity contribution >= 4 is 23.4 Å². The molecule has 0 bridgehead atoms. The van der Waals surface area contributed by atoms with Gasteiger partial charge in [-0.15, -0.1) is 5.10 Å². The molecule has 0 fully saturated rings. The molecule has 0 aliphatic rings. The molecule has 2 heterocycles. The van der Waals surface area contributed by atoms with E-state index < -0.39 is 24.0 Å². The first-order chi connectivity index (χ1) is 12.3. The Bertz CT molecular complexity index is 826. The lowest BCUT2D eigenvalue weighted by Gasteiger charge is -2.31. The third kappa shape index (κ3) is 5.57. The van der Waals surface area contributed by atoms with Gasteiger partial charge in [-0.3, -0.25) is 4.79 Å². The molecule has 0 aliphatic carbocycles. The second-order valence-electron chi connectivity index (χ2n) is 7.67. The van der Waals surface area contributed by atoms with Gasteiger partial charge in [0.05, 0.1) is 6.42 Å². The maximum absolute atomic E-state index is 13.0. The van der Waals surface area contributed by atoms with Gasteiger partial charge in [0.15, 0.2) is 0 Å². The highest BCUT2D eigenvalue weighted by Crippen LogP contribution is 2.23. The number of carbonyl (C=O) groups is 1. The zero-order chi connectivity index (χ0) is 20.6. The summed E-state index contributed by atoms with van der Waals surface area (Å²) in [4.78, 5) is 22.2. The van der Waals surface area contributed by atoms with Crippen LogP contribution in [0, 0.1) is 19.3 Å². The summed E-state index contributed by atoms with van der Waals surface area (Å²) in [7, 11) is 0. The number of thioether (sulfide) groups is 1. The Labute approximate surface area is 160 Å². The van der Waals surface area contributed by atoms with Crippen LogP contribution in [0.25, 0.3) is 5.78 Å². The van der Waals surface area contributed by atoms with E-state index in [4.69, 9.17) is 0 Å². The van der Waals surface area contributed by atoms with Crippen molar-refractivity contribution in [3.05, 3.63) is 17.0 Å². The van der Waals surface area contributed by atoms with Crippen LogP contribution in [0.1, 0.15) is 37.7 Å². The summed E-state index contributed by atoms with van der Waals surface area (Å²) in [5, 5.41) is 4.85. The van der Waals surface area contributed by atoms with E-state index >= 15 is 0 Å². The van der Waals surface area contributed by atoms with E-state index in [0.29, 0.717) is 27.9 Å². The van der Waals surface area contributed by atoms with E-state index in [2.05, 4.69) is 15.1 Å². The number of fused-ring (bicyclic) bond motifs is 1. The first-order valence-electron chi connectivity index (χ1n) is 8.42. The number of hydrogen-bond acceptors (Lipinski definition) is 5. The van der Waals surface area contributed by atoms with Gasteiger partial charge < -0.3 is 4.90 Å². The molecule has 1 amide bonds. The standard InChI is InChI=1S/C17H24F3N5OS/c1-10-12(11(2)25-14(21-10)22-15(23-25)27-6)7-13(26)24(8-16(3,4)5)9-17(18,19)20/h7-9H2,1-6H3. The van der Waals surface area contributed by atoms with Crippen LogP contribution in [0.3, 0.4) is 0 Å². The zero-order valence-electron chi connectivity index (χ0n) is 16.3. The van der Waals surface area contributed by atoms with E-state index in [-0.39, 0.29) is 13.0 Å². The molecule has 27 heavy (non-hydrogen) atoms. The van der Waals surface area contributed by atoms with Crippen molar-refractivity contribution in [1.82, 2.24) is 24.5 Å². The number of rotatable bonds is 5. The van der Waals surface area contributed by atoms with Crippen LogP contribution in [0.5, 0.6) is 0 Å². The molecule has 6 nitrogen and oxygen atoms in total. The molecular formula is C17H24F3N5OS. The Balaban J connectivity index is 2.36. The van der Waals surface area contributed by atoms with Gasteiger partial charge in [0.1, 0.15) is 6.54 Å². The number of carbonyl (C=O) groups excluding carboxylic acids is 1. The highest BCUT2D eigenvalue weighted by Gasteiger charge is 2.35. The lowest BCUT2D eigenvalue weighted by atomic mass is 9.95. The van der Waals surface area contributed by atoms with Crippen molar-refractivity contribution in [3.63, 3.8) is 0 Å². The second-order valence-corrected chi connectivity index (χ2v) is 8.45. The molecule has 0 atom stereocenters. The number of hydrogen-bond donors (Lipinski definition) is 0. The fourth-order valence-electron chi connectivity index (χ4n) is 2.82. The molecule has 150 valence electrons. The monoisotopic (exact) mass is 403 g/mol. The third-order valence-electron chi connectivity index (χ3n) is 3.93. The predicted molar refractivity (Wildman–Crippen MR) is 97.8 cm³/mol. The van der Waals surface area contributed by atoms with Crippen molar-refractivity contribution in [3.8, 4) is 0 Å². The predicted octanol–water partition coefficient (Wildman–Crippen LogP) is 3.44. The van der Waals surface area contributed by atoms with Crippen molar-refractivity contribution < 1.29 is 18.0 Å². The van der Waals surface area contributed by atoms with Gasteiger partial charge in [0.25, 0.3) is 5.78 Å². The van der Waals surface area contributed by atoms with Crippen molar-refractivity contribution in [2.45, 2.75) is 52.4 Å². The fourth-order valence-corrected chi connectivity index (χ4v) is 3.15. The van der Waals surface area contributed by atoms with Gasteiger partial charge in [0.2, 0.25) is 11.1 Å². The largest absolute Gasteiger partial charge is 0.406 e. The lowest BCUT2D eigenvalue weighted by molar-refractivity contribution is -0.163. The molecule has 0 aromatic carbocycles. The molecule has 2 aromatic rings. The van der Waals surface area contributed by atoms with Gasteiger partial charge >= 0.3 is 6.18 Å². The summed E-state index contributed by atoms with van der Waals surface area (Å²) in [6.45, 7) is 7.63. The molecule has 2 rings (SSSR count). The number of amides is 1. The van der Waals surface area contributed by atoms with Crippen molar-refractivity contribution in [1.29, 1.82) is 0 Å². The molecular weight excluding hydrogens is 379 g/mol. The highest BCUT2D eigenvalue weighted by atomic mass is 32.2. The topological polar surface area (TPSA) is 63.4 Å². The Hall–Kier alpha value is -1.84. The average molecular weight is 403 g/mol. The quantitative estimate of drug-likeness (QED) is 0.716. The summed E-state index contributed by atoms with van der Waals surface area (Å²) in [5.41, 5.74) is 1.34. The zero-order valence-corrected chi connectivity index (χ0v) is 17.1. The fraction of sp³-hybridized carbons (Fsp3) is 0.647. The van der Waals surface area contributed by atoms with Crippen LogP contribution < -0.4 is 0 Å². The molecule has 0 aliphatic heterocycles. The van der Waals surface area contributed by atoms with Crippen molar-refractivity contribution in [2.75, 3.05) is 19.3 Å². The van der Waals surface area contributed by atoms with Crippen LogP contribution in [0.15, 0.2) is 5.16 Å². The number of aryl methyl sites for hydroxylation is 2. The summed E-state index contributed by atoms with van der Waals surface area (Å²) >= 11 is 1.36. The third-order valence-corrected chi connectivity index (χ3v) is 4.47. The highest BCUT2D eigenvalue weighted by molar-refractivity contribution is 7.98. The van der Waals surface area contributed by atoms with Gasteiger partial charge in [-0.2, -0.15) is 18.2 Å². The number of halogens is 3. The molecule has 0 spiro atoms. The summed E-state index contributed by atoms with van der Waals surface area (Å²) in [6.07, 6.45) is -2.78. The molecule has 10 heteroatoms.